The summed E-state index contributed by atoms with van der Waals surface area (Å²) in [5.41, 5.74) is 1.32. The molecule has 0 unspecified atom stereocenters. The van der Waals surface area contributed by atoms with Crippen molar-refractivity contribution >= 4 is 10.9 Å². The van der Waals surface area contributed by atoms with E-state index in [1.807, 2.05) is 0 Å². The van der Waals surface area contributed by atoms with Gasteiger partial charge in [-0.1, -0.05) is 18.2 Å². The lowest BCUT2D eigenvalue weighted by molar-refractivity contribution is 0.413. The highest BCUT2D eigenvalue weighted by Gasteiger charge is 2.12. The van der Waals surface area contributed by atoms with E-state index in [4.69, 9.17) is 4.74 Å². The predicted molar refractivity (Wildman–Crippen MR) is 71.4 cm³/mol. The normalized spacial score (nSPS) is 10.8. The highest BCUT2D eigenvalue weighted by atomic mass is 19.1. The molecule has 5 heteroatoms. The fraction of sp³-hybridized carbons (Fsp3) is 0.0667. The van der Waals surface area contributed by atoms with E-state index < -0.39 is 11.9 Å². The van der Waals surface area contributed by atoms with E-state index in [9.17, 15) is 8.78 Å². The van der Waals surface area contributed by atoms with Gasteiger partial charge in [-0.15, -0.1) is 0 Å². The average molecular weight is 272 g/mol. The van der Waals surface area contributed by atoms with Gasteiger partial charge in [-0.05, 0) is 23.8 Å². The SMILES string of the molecule is COc1cccc(F)c1-c1ccc2cnc(F)nc2c1. The Morgan fingerprint density at radius 3 is 2.75 bits per heavy atom. The van der Waals surface area contributed by atoms with Gasteiger partial charge in [0.05, 0.1) is 18.2 Å². The van der Waals surface area contributed by atoms with Gasteiger partial charge < -0.3 is 4.74 Å². The molecule has 20 heavy (non-hydrogen) atoms. The Bertz CT molecular complexity index is 790. The van der Waals surface area contributed by atoms with Crippen LogP contribution in [0.5, 0.6) is 5.75 Å². The van der Waals surface area contributed by atoms with Crippen LogP contribution in [-0.4, -0.2) is 17.1 Å². The molecule has 3 aromatic rings. The first kappa shape index (κ1) is 12.5. The van der Waals surface area contributed by atoms with E-state index in [1.54, 1.807) is 30.3 Å². The number of methoxy groups -OCH3 is 1. The smallest absolute Gasteiger partial charge is 0.309 e. The van der Waals surface area contributed by atoms with E-state index >= 15 is 0 Å². The van der Waals surface area contributed by atoms with Crippen molar-refractivity contribution in [3.05, 3.63) is 54.5 Å². The van der Waals surface area contributed by atoms with Crippen molar-refractivity contribution in [3.63, 3.8) is 0 Å². The maximum absolute atomic E-state index is 14.0. The fourth-order valence-electron chi connectivity index (χ4n) is 2.11. The molecule has 0 aliphatic heterocycles. The first-order chi connectivity index (χ1) is 9.69. The summed E-state index contributed by atoms with van der Waals surface area (Å²) in [5, 5.41) is 0.686. The third kappa shape index (κ3) is 2.07. The second kappa shape index (κ2) is 4.85. The lowest BCUT2D eigenvalue weighted by Gasteiger charge is -2.10. The number of rotatable bonds is 2. The van der Waals surface area contributed by atoms with Crippen LogP contribution in [0.15, 0.2) is 42.6 Å². The van der Waals surface area contributed by atoms with Crippen LogP contribution in [0.4, 0.5) is 8.78 Å². The van der Waals surface area contributed by atoms with Crippen molar-refractivity contribution in [2.75, 3.05) is 7.11 Å². The molecule has 2 aromatic carbocycles. The van der Waals surface area contributed by atoms with Crippen molar-refractivity contribution in [2.45, 2.75) is 0 Å². The van der Waals surface area contributed by atoms with Crippen molar-refractivity contribution in [1.82, 2.24) is 9.97 Å². The maximum Gasteiger partial charge on any atom is 0.309 e. The Labute approximate surface area is 113 Å². The summed E-state index contributed by atoms with van der Waals surface area (Å²) in [6.45, 7) is 0. The zero-order valence-electron chi connectivity index (χ0n) is 10.6. The van der Waals surface area contributed by atoms with Gasteiger partial charge in [-0.25, -0.2) is 14.4 Å². The first-order valence-corrected chi connectivity index (χ1v) is 5.94. The molecule has 0 aliphatic rings. The van der Waals surface area contributed by atoms with Gasteiger partial charge in [0, 0.05) is 11.6 Å². The van der Waals surface area contributed by atoms with Gasteiger partial charge in [-0.2, -0.15) is 4.39 Å². The lowest BCUT2D eigenvalue weighted by Crippen LogP contribution is -1.93. The minimum Gasteiger partial charge on any atom is -0.496 e. The minimum atomic E-state index is -0.810. The zero-order chi connectivity index (χ0) is 14.1. The fourth-order valence-corrected chi connectivity index (χ4v) is 2.11. The van der Waals surface area contributed by atoms with E-state index in [-0.39, 0.29) is 0 Å². The van der Waals surface area contributed by atoms with Crippen molar-refractivity contribution in [1.29, 1.82) is 0 Å². The topological polar surface area (TPSA) is 35.0 Å². The van der Waals surface area contributed by atoms with Crippen molar-refractivity contribution in [3.8, 4) is 16.9 Å². The third-order valence-corrected chi connectivity index (χ3v) is 3.04. The summed E-state index contributed by atoms with van der Waals surface area (Å²) in [6.07, 6.45) is 0.579. The number of aromatic nitrogens is 2. The minimum absolute atomic E-state index is 0.330. The second-order valence-electron chi connectivity index (χ2n) is 4.23. The molecule has 1 aromatic heterocycles. The standard InChI is InChI=1S/C15H10F2N2O/c1-20-13-4-2-3-11(16)14(13)9-5-6-10-8-18-15(17)19-12(10)7-9/h2-8H,1H3. The van der Waals surface area contributed by atoms with Gasteiger partial charge in [0.15, 0.2) is 0 Å². The molecule has 3 nitrogen and oxygen atoms in total. The summed E-state index contributed by atoms with van der Waals surface area (Å²) < 4.78 is 32.3. The van der Waals surface area contributed by atoms with Crippen molar-refractivity contribution < 1.29 is 13.5 Å². The van der Waals surface area contributed by atoms with Crippen LogP contribution in [0.2, 0.25) is 0 Å². The molecule has 0 atom stereocenters. The summed E-state index contributed by atoms with van der Waals surface area (Å²) in [4.78, 5) is 7.19. The number of hydrogen-bond acceptors (Lipinski definition) is 3. The molecule has 0 bridgehead atoms. The maximum atomic E-state index is 14.0. The van der Waals surface area contributed by atoms with Crippen LogP contribution in [0.25, 0.3) is 22.0 Å². The van der Waals surface area contributed by atoms with Gasteiger partial charge >= 0.3 is 6.08 Å². The summed E-state index contributed by atoms with van der Waals surface area (Å²) >= 11 is 0. The van der Waals surface area contributed by atoms with Crippen LogP contribution in [0.1, 0.15) is 0 Å². The average Bonchev–Trinajstić information content (AvgIpc) is 2.46. The third-order valence-electron chi connectivity index (χ3n) is 3.04. The number of hydrogen-bond donors (Lipinski definition) is 0. The number of ether oxygens (including phenoxy) is 1. The largest absolute Gasteiger partial charge is 0.496 e. The zero-order valence-corrected chi connectivity index (χ0v) is 10.6. The molecule has 0 fully saturated rings. The van der Waals surface area contributed by atoms with Crippen LogP contribution < -0.4 is 4.74 Å². The predicted octanol–water partition coefficient (Wildman–Crippen LogP) is 3.58. The molecule has 0 saturated carbocycles. The molecule has 0 saturated heterocycles. The van der Waals surface area contributed by atoms with Gasteiger partial charge in [0.1, 0.15) is 11.6 Å². The first-order valence-electron chi connectivity index (χ1n) is 5.94. The summed E-state index contributed by atoms with van der Waals surface area (Å²) in [7, 11) is 1.47. The molecular formula is C15H10F2N2O. The molecule has 0 aliphatic carbocycles. The Morgan fingerprint density at radius 1 is 1.10 bits per heavy atom. The number of benzene rings is 2. The van der Waals surface area contributed by atoms with Crippen LogP contribution in [0.3, 0.4) is 0 Å². The molecule has 100 valence electrons. The molecule has 0 amide bonds. The van der Waals surface area contributed by atoms with Crippen LogP contribution in [0, 0.1) is 11.9 Å². The molecule has 3 rings (SSSR count). The van der Waals surface area contributed by atoms with Crippen molar-refractivity contribution in [2.24, 2.45) is 0 Å². The van der Waals surface area contributed by atoms with E-state index in [1.165, 1.54) is 19.4 Å². The summed E-state index contributed by atoms with van der Waals surface area (Å²) in [5.74, 6) is 0.0112. The van der Waals surface area contributed by atoms with Gasteiger partial charge in [0.2, 0.25) is 0 Å². The molecule has 1 heterocycles. The number of nitrogens with zero attached hydrogens (tertiary/aromatic N) is 2. The van der Waals surface area contributed by atoms with Crippen LogP contribution in [-0.2, 0) is 0 Å². The van der Waals surface area contributed by atoms with E-state index in [2.05, 4.69) is 9.97 Å². The Morgan fingerprint density at radius 2 is 1.95 bits per heavy atom. The Balaban J connectivity index is 2.24. The van der Waals surface area contributed by atoms with Crippen LogP contribution >= 0.6 is 0 Å². The molecular weight excluding hydrogens is 262 g/mol. The van der Waals surface area contributed by atoms with Gasteiger partial charge in [-0.3, -0.25) is 0 Å². The highest BCUT2D eigenvalue weighted by Crippen LogP contribution is 2.33. The quantitative estimate of drug-likeness (QED) is 0.669. The molecule has 0 radical (unpaired) electrons. The highest BCUT2D eigenvalue weighted by molar-refractivity contribution is 5.85. The van der Waals surface area contributed by atoms with E-state index in [0.29, 0.717) is 27.8 Å². The number of halogens is 2. The Hall–Kier alpha value is -2.56. The number of fused-ring (bicyclic) bond motifs is 1. The van der Waals surface area contributed by atoms with Gasteiger partial charge in [0.25, 0.3) is 0 Å². The lowest BCUT2D eigenvalue weighted by atomic mass is 10.0. The molecule has 0 spiro atoms. The second-order valence-corrected chi connectivity index (χ2v) is 4.23. The monoisotopic (exact) mass is 272 g/mol. The van der Waals surface area contributed by atoms with E-state index in [0.717, 1.165) is 0 Å². The Kier molecular flexibility index (Phi) is 3.02. The summed E-state index contributed by atoms with van der Waals surface area (Å²) in [6, 6.07) is 9.65. The molecule has 0 N–H and O–H groups in total.